The number of hydrogen-bond acceptors (Lipinski definition) is 5. The summed E-state index contributed by atoms with van der Waals surface area (Å²) in [4.78, 5) is 23.0. The number of benzene rings is 1. The van der Waals surface area contributed by atoms with Crippen LogP contribution in [0.1, 0.15) is 24.8 Å². The summed E-state index contributed by atoms with van der Waals surface area (Å²) in [5.41, 5.74) is 1.01. The van der Waals surface area contributed by atoms with Crippen molar-refractivity contribution in [2.45, 2.75) is 37.8 Å². The van der Waals surface area contributed by atoms with Gasteiger partial charge in [0.2, 0.25) is 5.91 Å². The largest absolute Gasteiger partial charge is 0.391 e. The monoisotopic (exact) mass is 400 g/mol. The fourth-order valence-electron chi connectivity index (χ4n) is 4.45. The summed E-state index contributed by atoms with van der Waals surface area (Å²) in [5.74, 6) is 1.61. The fourth-order valence-corrected chi connectivity index (χ4v) is 4.68. The number of aliphatic hydroxyl groups is 1. The zero-order chi connectivity index (χ0) is 19.5. The molecular weight excluding hydrogens is 376 g/mol. The molecule has 2 aromatic rings. The van der Waals surface area contributed by atoms with Crippen molar-refractivity contribution < 1.29 is 9.90 Å². The molecule has 7 heteroatoms. The molecule has 1 aromatic carbocycles. The van der Waals surface area contributed by atoms with Crippen LogP contribution in [-0.2, 0) is 11.2 Å². The van der Waals surface area contributed by atoms with Gasteiger partial charge in [0.1, 0.15) is 5.82 Å². The predicted octanol–water partition coefficient (Wildman–Crippen LogP) is 2.77. The Morgan fingerprint density at radius 2 is 2.00 bits per heavy atom. The van der Waals surface area contributed by atoms with Crippen LogP contribution >= 0.6 is 11.6 Å². The molecule has 1 amide bonds. The second kappa shape index (κ2) is 8.45. The molecule has 2 heterocycles. The topological polar surface area (TPSA) is 78.4 Å². The Labute approximate surface area is 169 Å². The summed E-state index contributed by atoms with van der Waals surface area (Å²) in [6.07, 6.45) is 7.14. The molecule has 0 unspecified atom stereocenters. The second-order valence-electron chi connectivity index (χ2n) is 7.79. The zero-order valence-corrected chi connectivity index (χ0v) is 16.4. The lowest BCUT2D eigenvalue weighted by molar-refractivity contribution is -0.130. The van der Waals surface area contributed by atoms with E-state index in [9.17, 15) is 9.90 Å². The maximum absolute atomic E-state index is 12.7. The van der Waals surface area contributed by atoms with Crippen LogP contribution in [0.3, 0.4) is 0 Å². The number of carbonyl (C=O) groups is 1. The van der Waals surface area contributed by atoms with E-state index in [4.69, 9.17) is 11.6 Å². The molecule has 2 aliphatic rings. The Morgan fingerprint density at radius 1 is 1.21 bits per heavy atom. The number of halogens is 1. The first-order chi connectivity index (χ1) is 13.6. The van der Waals surface area contributed by atoms with Gasteiger partial charge in [0, 0.05) is 36.9 Å². The number of aliphatic hydroxyl groups excluding tert-OH is 1. The number of rotatable bonds is 5. The Hall–Kier alpha value is -2.18. The number of carbonyl (C=O) groups excluding carboxylic acids is 1. The van der Waals surface area contributed by atoms with Crippen LogP contribution < -0.4 is 5.32 Å². The molecular formula is C21H25ClN4O2. The van der Waals surface area contributed by atoms with E-state index in [-0.39, 0.29) is 11.9 Å². The highest BCUT2D eigenvalue weighted by molar-refractivity contribution is 6.31. The minimum absolute atomic E-state index is 0.0591. The van der Waals surface area contributed by atoms with Crippen LogP contribution in [0.15, 0.2) is 42.9 Å². The Kier molecular flexibility index (Phi) is 5.78. The van der Waals surface area contributed by atoms with E-state index in [1.807, 2.05) is 29.2 Å². The summed E-state index contributed by atoms with van der Waals surface area (Å²) >= 11 is 6.20. The number of likely N-dealkylation sites (tertiary alicyclic amines) is 1. The maximum Gasteiger partial charge on any atom is 0.222 e. The molecule has 1 saturated carbocycles. The summed E-state index contributed by atoms with van der Waals surface area (Å²) in [5, 5.41) is 14.6. The fraction of sp³-hybridized carbons (Fsp3) is 0.476. The number of anilines is 1. The van der Waals surface area contributed by atoms with Gasteiger partial charge in [0.15, 0.2) is 0 Å². The highest BCUT2D eigenvalue weighted by atomic mass is 35.5. The number of hydrogen-bond donors (Lipinski definition) is 2. The minimum atomic E-state index is -0.443. The van der Waals surface area contributed by atoms with Gasteiger partial charge in [-0.25, -0.2) is 4.98 Å². The van der Waals surface area contributed by atoms with Crippen LogP contribution in [0.4, 0.5) is 5.82 Å². The Morgan fingerprint density at radius 3 is 2.75 bits per heavy atom. The lowest BCUT2D eigenvalue weighted by atomic mass is 9.77. The third-order valence-corrected chi connectivity index (χ3v) is 6.33. The van der Waals surface area contributed by atoms with Gasteiger partial charge in [-0.15, -0.1) is 0 Å². The molecule has 2 fully saturated rings. The van der Waals surface area contributed by atoms with Crippen molar-refractivity contribution >= 4 is 23.3 Å². The lowest BCUT2D eigenvalue weighted by Gasteiger charge is -2.35. The van der Waals surface area contributed by atoms with Crippen LogP contribution in [-0.4, -0.2) is 51.1 Å². The van der Waals surface area contributed by atoms with Crippen molar-refractivity contribution in [3.05, 3.63) is 53.4 Å². The average Bonchev–Trinajstić information content (AvgIpc) is 3.11. The molecule has 1 aliphatic heterocycles. The molecule has 0 spiro atoms. The van der Waals surface area contributed by atoms with E-state index in [0.29, 0.717) is 41.9 Å². The van der Waals surface area contributed by atoms with Gasteiger partial charge in [-0.3, -0.25) is 9.78 Å². The van der Waals surface area contributed by atoms with Crippen LogP contribution in [0, 0.1) is 11.8 Å². The summed E-state index contributed by atoms with van der Waals surface area (Å²) in [6, 6.07) is 7.61. The van der Waals surface area contributed by atoms with Crippen molar-refractivity contribution in [3.8, 4) is 0 Å². The zero-order valence-electron chi connectivity index (χ0n) is 15.7. The van der Waals surface area contributed by atoms with E-state index in [0.717, 1.165) is 25.1 Å². The molecule has 2 N–H and O–H groups in total. The summed E-state index contributed by atoms with van der Waals surface area (Å²) < 4.78 is 0. The summed E-state index contributed by atoms with van der Waals surface area (Å²) in [6.45, 7) is 1.50. The van der Waals surface area contributed by atoms with Crippen LogP contribution in [0.25, 0.3) is 0 Å². The van der Waals surface area contributed by atoms with Gasteiger partial charge in [-0.1, -0.05) is 29.8 Å². The van der Waals surface area contributed by atoms with E-state index in [1.54, 1.807) is 18.6 Å². The normalized spacial score (nSPS) is 26.7. The van der Waals surface area contributed by atoms with E-state index in [1.165, 1.54) is 0 Å². The van der Waals surface area contributed by atoms with Crippen molar-refractivity contribution in [3.63, 3.8) is 0 Å². The van der Waals surface area contributed by atoms with Gasteiger partial charge in [-0.05, 0) is 42.7 Å². The first-order valence-electron chi connectivity index (χ1n) is 9.82. The molecule has 4 atom stereocenters. The van der Waals surface area contributed by atoms with Crippen molar-refractivity contribution in [2.75, 3.05) is 18.4 Å². The molecule has 1 aromatic heterocycles. The quantitative estimate of drug-likeness (QED) is 0.806. The van der Waals surface area contributed by atoms with Crippen molar-refractivity contribution in [2.24, 2.45) is 11.8 Å². The van der Waals surface area contributed by atoms with E-state index >= 15 is 0 Å². The maximum atomic E-state index is 12.7. The number of nitrogens with one attached hydrogen (secondary N) is 1. The highest BCUT2D eigenvalue weighted by Gasteiger charge is 2.42. The molecule has 0 bridgehead atoms. The van der Waals surface area contributed by atoms with E-state index < -0.39 is 6.10 Å². The smallest absolute Gasteiger partial charge is 0.222 e. The number of aryl methyl sites for hydroxylation is 1. The van der Waals surface area contributed by atoms with Gasteiger partial charge in [-0.2, -0.15) is 0 Å². The van der Waals surface area contributed by atoms with Gasteiger partial charge >= 0.3 is 0 Å². The molecule has 4 rings (SSSR count). The Bertz CT molecular complexity index is 819. The highest BCUT2D eigenvalue weighted by Crippen LogP contribution is 2.37. The molecule has 1 aliphatic carbocycles. The van der Waals surface area contributed by atoms with Gasteiger partial charge in [0.25, 0.3) is 0 Å². The van der Waals surface area contributed by atoms with Crippen molar-refractivity contribution in [1.29, 1.82) is 0 Å². The van der Waals surface area contributed by atoms with Gasteiger partial charge < -0.3 is 15.3 Å². The number of nitrogens with zero attached hydrogens (tertiary/aromatic N) is 3. The standard InChI is InChI=1S/C21H25ClN4O2/c22-17-4-2-1-3-14(17)5-6-21(28)26-12-15-9-18(19(27)10-16(15)13-26)25-20-11-23-7-8-24-20/h1-4,7-8,11,15-16,18-19,27H,5-6,9-10,12-13H2,(H,24,25)/t15-,16+,18-,19-/m1/s1. The minimum Gasteiger partial charge on any atom is -0.391 e. The average molecular weight is 401 g/mol. The molecule has 148 valence electrons. The van der Waals surface area contributed by atoms with Gasteiger partial charge in [0.05, 0.1) is 18.3 Å². The SMILES string of the molecule is O=C(CCc1ccccc1Cl)N1C[C@H]2C[C@@H](Nc3cnccn3)[C@H](O)C[C@H]2C1. The Balaban J connectivity index is 1.32. The second-order valence-corrected chi connectivity index (χ2v) is 8.20. The molecule has 6 nitrogen and oxygen atoms in total. The van der Waals surface area contributed by atoms with Crippen molar-refractivity contribution in [1.82, 2.24) is 14.9 Å². The molecule has 28 heavy (non-hydrogen) atoms. The first kappa shape index (κ1) is 19.2. The number of amides is 1. The third kappa shape index (κ3) is 4.28. The summed E-state index contributed by atoms with van der Waals surface area (Å²) in [7, 11) is 0. The number of fused-ring (bicyclic) bond motifs is 1. The number of aromatic nitrogens is 2. The predicted molar refractivity (Wildman–Crippen MR) is 108 cm³/mol. The third-order valence-electron chi connectivity index (χ3n) is 5.96. The first-order valence-corrected chi connectivity index (χ1v) is 10.2. The van der Waals surface area contributed by atoms with E-state index in [2.05, 4.69) is 15.3 Å². The molecule has 1 saturated heterocycles. The van der Waals surface area contributed by atoms with Crippen LogP contribution in [0.5, 0.6) is 0 Å². The lowest BCUT2D eigenvalue weighted by Crippen LogP contribution is -2.43. The van der Waals surface area contributed by atoms with Crippen LogP contribution in [0.2, 0.25) is 5.02 Å². The molecule has 0 radical (unpaired) electrons.